The van der Waals surface area contributed by atoms with Gasteiger partial charge >= 0.3 is 5.69 Å². The largest absolute Gasteiger partial charge is 0.493 e. The molecule has 12 nitrogen and oxygen atoms in total. The molecule has 0 aromatic carbocycles. The summed E-state index contributed by atoms with van der Waals surface area (Å²) < 4.78 is 1.73. The Morgan fingerprint density at radius 1 is 1.19 bits per heavy atom. The van der Waals surface area contributed by atoms with Gasteiger partial charge in [0.15, 0.2) is 11.1 Å². The Morgan fingerprint density at radius 2 is 1.94 bits per heavy atom. The minimum atomic E-state index is -0.491. The van der Waals surface area contributed by atoms with Gasteiger partial charge in [-0.25, -0.2) is 14.8 Å². The van der Waals surface area contributed by atoms with Gasteiger partial charge in [0.25, 0.3) is 0 Å². The van der Waals surface area contributed by atoms with Gasteiger partial charge < -0.3 is 19.9 Å². The molecule has 2 fully saturated rings. The molecule has 0 bridgehead atoms. The predicted octanol–water partition coefficient (Wildman–Crippen LogP) is -0.0362. The second-order valence-corrected chi connectivity index (χ2v) is 9.03. The molecule has 1 saturated carbocycles. The van der Waals surface area contributed by atoms with E-state index in [4.69, 9.17) is 9.98 Å². The normalized spacial score (nSPS) is 17.2. The van der Waals surface area contributed by atoms with Gasteiger partial charge in [0.2, 0.25) is 5.88 Å². The molecule has 2 aliphatic rings. The lowest BCUT2D eigenvalue weighted by Gasteiger charge is -2.36. The molecule has 5 heterocycles. The molecule has 4 aromatic heterocycles. The van der Waals surface area contributed by atoms with Crippen molar-refractivity contribution in [3.05, 3.63) is 62.5 Å². The van der Waals surface area contributed by atoms with Crippen LogP contribution in [-0.4, -0.2) is 66.9 Å². The highest BCUT2D eigenvalue weighted by molar-refractivity contribution is 5.60. The average molecular weight is 485 g/mol. The van der Waals surface area contributed by atoms with E-state index < -0.39 is 5.69 Å². The lowest BCUT2D eigenvalue weighted by molar-refractivity contribution is 0.454. The summed E-state index contributed by atoms with van der Waals surface area (Å²) in [6.45, 7) is 4.82. The van der Waals surface area contributed by atoms with E-state index in [9.17, 15) is 15.2 Å². The van der Waals surface area contributed by atoms with Crippen LogP contribution in [0.2, 0.25) is 0 Å². The van der Waals surface area contributed by atoms with Crippen molar-refractivity contribution in [1.29, 1.82) is 5.26 Å². The van der Waals surface area contributed by atoms with Crippen LogP contribution in [0.5, 0.6) is 5.88 Å². The molecule has 3 N–H and O–H groups in total. The van der Waals surface area contributed by atoms with Gasteiger partial charge in [-0.2, -0.15) is 14.9 Å². The van der Waals surface area contributed by atoms with Crippen molar-refractivity contribution in [2.24, 2.45) is 4.99 Å². The molecule has 6 rings (SSSR count). The summed E-state index contributed by atoms with van der Waals surface area (Å²) in [6.07, 6.45) is 7.12. The molecule has 0 radical (unpaired) electrons. The molecule has 36 heavy (non-hydrogen) atoms. The minimum absolute atomic E-state index is 0.239. The van der Waals surface area contributed by atoms with Crippen LogP contribution in [0.25, 0.3) is 11.7 Å². The van der Waals surface area contributed by atoms with E-state index >= 15 is 0 Å². The summed E-state index contributed by atoms with van der Waals surface area (Å²) in [7, 11) is 0. The summed E-state index contributed by atoms with van der Waals surface area (Å²) in [5.74, 6) is 1.29. The van der Waals surface area contributed by atoms with Crippen molar-refractivity contribution < 1.29 is 5.11 Å². The van der Waals surface area contributed by atoms with Crippen LogP contribution in [0, 0.1) is 18.3 Å². The summed E-state index contributed by atoms with van der Waals surface area (Å²) in [4.78, 5) is 35.2. The van der Waals surface area contributed by atoms with Crippen LogP contribution in [0.4, 0.5) is 11.6 Å². The van der Waals surface area contributed by atoms with E-state index in [-0.39, 0.29) is 17.6 Å². The third kappa shape index (κ3) is 3.84. The zero-order valence-corrected chi connectivity index (χ0v) is 19.6. The fourth-order valence-corrected chi connectivity index (χ4v) is 4.52. The standard InChI is InChI=1S/C24H24N10O2/c1-14-19(32-7-9-33(10-8-32)21-15(12-25)3-2-6-26-21)30-22-16(11-18-23(35)31-24(36)29-18)13-27-34(22)20(14)28-17-4-5-17/h2-3,6,11,13,17,35H,4-5,7-10H2,1H3,(H2,29,31,36). The van der Waals surface area contributed by atoms with Crippen LogP contribution >= 0.6 is 0 Å². The van der Waals surface area contributed by atoms with Gasteiger partial charge in [0.05, 0.1) is 17.8 Å². The van der Waals surface area contributed by atoms with E-state index in [0.717, 1.165) is 29.7 Å². The summed E-state index contributed by atoms with van der Waals surface area (Å²) in [6, 6.07) is 6.07. The number of pyridine rings is 1. The highest BCUT2D eigenvalue weighted by atomic mass is 16.3. The maximum atomic E-state index is 11.6. The van der Waals surface area contributed by atoms with E-state index in [1.807, 2.05) is 6.92 Å². The number of rotatable bonds is 4. The molecule has 4 aromatic rings. The second kappa shape index (κ2) is 8.53. The minimum Gasteiger partial charge on any atom is -0.493 e. The van der Waals surface area contributed by atoms with E-state index in [2.05, 4.69) is 35.9 Å². The third-order valence-electron chi connectivity index (χ3n) is 6.53. The first-order chi connectivity index (χ1) is 17.5. The zero-order chi connectivity index (χ0) is 24.8. The first-order valence-corrected chi connectivity index (χ1v) is 11.8. The van der Waals surface area contributed by atoms with Crippen LogP contribution in [0.15, 0.2) is 34.3 Å². The Kier molecular flexibility index (Phi) is 5.18. The monoisotopic (exact) mass is 484 g/mol. The smallest absolute Gasteiger partial charge is 0.326 e. The fourth-order valence-electron chi connectivity index (χ4n) is 4.52. The highest BCUT2D eigenvalue weighted by Gasteiger charge is 2.25. The average Bonchev–Trinajstić information content (AvgIpc) is 3.54. The van der Waals surface area contributed by atoms with Crippen LogP contribution < -0.4 is 26.2 Å². The van der Waals surface area contributed by atoms with Crippen molar-refractivity contribution in [1.82, 2.24) is 29.5 Å². The molecule has 12 heteroatoms. The number of aromatic hydroxyl groups is 1. The Hall–Kier alpha value is -4.66. The molecule has 0 spiro atoms. The predicted molar refractivity (Wildman–Crippen MR) is 132 cm³/mol. The molecular weight excluding hydrogens is 460 g/mol. The van der Waals surface area contributed by atoms with Gasteiger partial charge in [-0.15, -0.1) is 0 Å². The number of aromatic nitrogens is 6. The number of nitrogens with one attached hydrogen (secondary N) is 2. The quantitative estimate of drug-likeness (QED) is 0.365. The number of hydrogen-bond acceptors (Lipinski definition) is 9. The number of hydrogen-bond donors (Lipinski definition) is 3. The topological polar surface area (TPSA) is 155 Å². The number of H-pyrrole nitrogens is 2. The number of fused-ring (bicyclic) bond motifs is 1. The fraction of sp³-hybridized carbons (Fsp3) is 0.333. The van der Waals surface area contributed by atoms with Crippen LogP contribution in [-0.2, 0) is 0 Å². The lowest BCUT2D eigenvalue weighted by atomic mass is 10.2. The Labute approximate surface area is 204 Å². The molecule has 182 valence electrons. The van der Waals surface area contributed by atoms with Gasteiger partial charge in [-0.3, -0.25) is 9.98 Å². The maximum absolute atomic E-state index is 11.6. The highest BCUT2D eigenvalue weighted by Crippen LogP contribution is 2.24. The van der Waals surface area contributed by atoms with Crippen LogP contribution in [0.1, 0.15) is 29.7 Å². The Morgan fingerprint density at radius 3 is 2.61 bits per heavy atom. The Balaban J connectivity index is 1.41. The summed E-state index contributed by atoms with van der Waals surface area (Å²) in [5.41, 5.74) is 2.65. The Bertz CT molecular complexity index is 1680. The lowest BCUT2D eigenvalue weighted by Crippen LogP contribution is -2.48. The molecule has 1 aliphatic carbocycles. The number of nitrogens with zero attached hydrogens (tertiary/aromatic N) is 8. The molecule has 1 saturated heterocycles. The van der Waals surface area contributed by atoms with Crippen molar-refractivity contribution >= 4 is 23.4 Å². The van der Waals surface area contributed by atoms with Gasteiger partial charge in [0, 0.05) is 43.2 Å². The number of nitriles is 1. The van der Waals surface area contributed by atoms with Crippen LogP contribution in [0.3, 0.4) is 0 Å². The van der Waals surface area contributed by atoms with Crippen molar-refractivity contribution in [2.75, 3.05) is 36.0 Å². The summed E-state index contributed by atoms with van der Waals surface area (Å²) >= 11 is 0. The zero-order valence-electron chi connectivity index (χ0n) is 19.6. The van der Waals surface area contributed by atoms with Gasteiger partial charge in [-0.05, 0) is 38.0 Å². The van der Waals surface area contributed by atoms with Crippen molar-refractivity contribution in [3.63, 3.8) is 0 Å². The third-order valence-corrected chi connectivity index (χ3v) is 6.53. The van der Waals surface area contributed by atoms with E-state index in [0.29, 0.717) is 48.4 Å². The van der Waals surface area contributed by atoms with E-state index in [1.165, 1.54) is 0 Å². The molecule has 0 amide bonds. The molecule has 0 unspecified atom stereocenters. The number of piperazine rings is 1. The number of imidazole rings is 1. The summed E-state index contributed by atoms with van der Waals surface area (Å²) in [5, 5.41) is 24.7. The second-order valence-electron chi connectivity index (χ2n) is 9.03. The van der Waals surface area contributed by atoms with Crippen molar-refractivity contribution in [3.8, 4) is 11.9 Å². The molecule has 0 atom stereocenters. The molecular formula is C24H24N10O2. The van der Waals surface area contributed by atoms with Gasteiger partial charge in [-0.1, -0.05) is 0 Å². The first kappa shape index (κ1) is 21.8. The maximum Gasteiger partial charge on any atom is 0.326 e. The molecule has 1 aliphatic heterocycles. The number of anilines is 2. The first-order valence-electron chi connectivity index (χ1n) is 11.8. The number of aromatic amines is 2. The van der Waals surface area contributed by atoms with Gasteiger partial charge in [0.1, 0.15) is 23.4 Å². The SMILES string of the molecule is Cc1c(N2CCN(c3ncccc3C#N)CC2)nc2c(=Cc3[nH]c(=O)[nH]c3O)cnn2c1=NC1CC1. The van der Waals surface area contributed by atoms with E-state index in [1.54, 1.807) is 35.1 Å². The van der Waals surface area contributed by atoms with Crippen molar-refractivity contribution in [2.45, 2.75) is 25.8 Å².